The molecule has 31 heavy (non-hydrogen) atoms. The Labute approximate surface area is 185 Å². The van der Waals surface area contributed by atoms with Crippen LogP contribution in [0.3, 0.4) is 0 Å². The van der Waals surface area contributed by atoms with Crippen molar-refractivity contribution in [2.75, 3.05) is 27.4 Å². The number of aliphatic hydroxyl groups excluding tert-OH is 1. The summed E-state index contributed by atoms with van der Waals surface area (Å²) in [7, 11) is 3.10. The fraction of sp³-hybridized carbons (Fsp3) is 0.304. The minimum absolute atomic E-state index is 0.0336. The average molecular weight is 446 g/mol. The minimum Gasteiger partial charge on any atom is -0.507 e. The van der Waals surface area contributed by atoms with Gasteiger partial charge in [-0.25, -0.2) is 0 Å². The van der Waals surface area contributed by atoms with Crippen LogP contribution in [0.25, 0.3) is 5.76 Å². The molecule has 1 atom stereocenters. The van der Waals surface area contributed by atoms with Crippen LogP contribution in [0.15, 0.2) is 42.0 Å². The molecular formula is C23H24ClNO6. The molecule has 7 nitrogen and oxygen atoms in total. The Hall–Kier alpha value is -3.03. The Kier molecular flexibility index (Phi) is 6.87. The number of aliphatic hydroxyl groups is 1. The molecule has 164 valence electrons. The van der Waals surface area contributed by atoms with Gasteiger partial charge in [-0.1, -0.05) is 17.7 Å². The lowest BCUT2D eigenvalue weighted by atomic mass is 9.94. The first-order chi connectivity index (χ1) is 14.8. The van der Waals surface area contributed by atoms with E-state index in [2.05, 4.69) is 0 Å². The quantitative estimate of drug-likeness (QED) is 0.291. The number of hydrogen-bond acceptors (Lipinski definition) is 6. The molecule has 0 bridgehead atoms. The molecule has 0 aromatic heterocycles. The van der Waals surface area contributed by atoms with Gasteiger partial charge in [0.25, 0.3) is 11.7 Å². The van der Waals surface area contributed by atoms with Crippen molar-refractivity contribution in [1.82, 2.24) is 4.90 Å². The maximum absolute atomic E-state index is 13.0. The SMILES string of the molecule is COCCCN1C(=O)C(=O)/C(=C(\O)c2ccc(OC)c(C)c2)C1c1ccc(O)c(Cl)c1. The van der Waals surface area contributed by atoms with E-state index in [1.807, 2.05) is 6.92 Å². The van der Waals surface area contributed by atoms with E-state index in [1.165, 1.54) is 17.0 Å². The number of aromatic hydroxyl groups is 1. The number of Topliss-reactive ketones (excluding diaryl/α,β-unsaturated/α-hetero) is 1. The molecule has 8 heteroatoms. The van der Waals surface area contributed by atoms with Crippen LogP contribution in [0.5, 0.6) is 11.5 Å². The highest BCUT2D eigenvalue weighted by molar-refractivity contribution is 6.46. The zero-order valence-electron chi connectivity index (χ0n) is 17.5. The molecule has 1 aliphatic rings. The second-order valence-corrected chi connectivity index (χ2v) is 7.64. The summed E-state index contributed by atoms with van der Waals surface area (Å²) in [5, 5.41) is 21.0. The van der Waals surface area contributed by atoms with Crippen LogP contribution in [-0.4, -0.2) is 54.2 Å². The van der Waals surface area contributed by atoms with Gasteiger partial charge in [0, 0.05) is 25.8 Å². The normalized spacial score (nSPS) is 17.9. The van der Waals surface area contributed by atoms with Crippen molar-refractivity contribution < 1.29 is 29.3 Å². The summed E-state index contributed by atoms with van der Waals surface area (Å²) in [5.74, 6) is -1.26. The number of phenols is 1. The van der Waals surface area contributed by atoms with Crippen molar-refractivity contribution in [1.29, 1.82) is 0 Å². The van der Waals surface area contributed by atoms with Crippen molar-refractivity contribution in [3.05, 3.63) is 63.7 Å². The molecule has 2 aromatic carbocycles. The zero-order valence-corrected chi connectivity index (χ0v) is 18.3. The van der Waals surface area contributed by atoms with Crippen molar-refractivity contribution in [3.63, 3.8) is 0 Å². The van der Waals surface area contributed by atoms with Gasteiger partial charge in [-0.15, -0.1) is 0 Å². The lowest BCUT2D eigenvalue weighted by molar-refractivity contribution is -0.140. The van der Waals surface area contributed by atoms with Gasteiger partial charge < -0.3 is 24.6 Å². The third-order valence-electron chi connectivity index (χ3n) is 5.24. The summed E-state index contributed by atoms with van der Waals surface area (Å²) in [6.07, 6.45) is 0.507. The molecule has 1 amide bonds. The fourth-order valence-corrected chi connectivity index (χ4v) is 3.90. The third-order valence-corrected chi connectivity index (χ3v) is 5.55. The number of rotatable bonds is 7. The fourth-order valence-electron chi connectivity index (χ4n) is 3.71. The number of aryl methyl sites for hydroxylation is 1. The molecule has 1 saturated heterocycles. The monoisotopic (exact) mass is 445 g/mol. The van der Waals surface area contributed by atoms with Crippen molar-refractivity contribution in [2.45, 2.75) is 19.4 Å². The van der Waals surface area contributed by atoms with Gasteiger partial charge in [0.15, 0.2) is 0 Å². The van der Waals surface area contributed by atoms with E-state index in [9.17, 15) is 19.8 Å². The van der Waals surface area contributed by atoms with Gasteiger partial charge in [-0.05, 0) is 54.8 Å². The molecule has 1 fully saturated rings. The molecule has 3 rings (SSSR count). The van der Waals surface area contributed by atoms with E-state index in [0.29, 0.717) is 29.9 Å². The van der Waals surface area contributed by atoms with E-state index in [1.54, 1.807) is 38.5 Å². The number of ketones is 1. The summed E-state index contributed by atoms with van der Waals surface area (Å²) in [6, 6.07) is 8.61. The predicted molar refractivity (Wildman–Crippen MR) is 116 cm³/mol. The van der Waals surface area contributed by atoms with E-state index < -0.39 is 17.7 Å². The highest BCUT2D eigenvalue weighted by Gasteiger charge is 2.46. The molecule has 2 aromatic rings. The maximum atomic E-state index is 13.0. The van der Waals surface area contributed by atoms with E-state index in [-0.39, 0.29) is 28.6 Å². The Morgan fingerprint density at radius 3 is 2.52 bits per heavy atom. The molecule has 1 heterocycles. The molecule has 0 spiro atoms. The largest absolute Gasteiger partial charge is 0.507 e. The highest BCUT2D eigenvalue weighted by atomic mass is 35.5. The van der Waals surface area contributed by atoms with Crippen LogP contribution >= 0.6 is 11.6 Å². The van der Waals surface area contributed by atoms with Crippen molar-refractivity contribution in [2.24, 2.45) is 0 Å². The van der Waals surface area contributed by atoms with Crippen LogP contribution in [0.1, 0.15) is 29.2 Å². The van der Waals surface area contributed by atoms with Gasteiger partial charge in [0.05, 0.1) is 23.7 Å². The smallest absolute Gasteiger partial charge is 0.295 e. The molecule has 2 N–H and O–H groups in total. The van der Waals surface area contributed by atoms with Crippen LogP contribution < -0.4 is 4.74 Å². The lowest BCUT2D eigenvalue weighted by Crippen LogP contribution is -2.31. The number of nitrogens with zero attached hydrogens (tertiary/aromatic N) is 1. The number of benzene rings is 2. The lowest BCUT2D eigenvalue weighted by Gasteiger charge is -2.25. The number of hydrogen-bond donors (Lipinski definition) is 2. The number of phenolic OH excluding ortho intramolecular Hbond substituents is 1. The summed E-state index contributed by atoms with van der Waals surface area (Å²) in [5.41, 5.74) is 1.63. The van der Waals surface area contributed by atoms with Gasteiger partial charge in [-0.2, -0.15) is 0 Å². The summed E-state index contributed by atoms with van der Waals surface area (Å²) >= 11 is 6.09. The third kappa shape index (κ3) is 4.38. The molecule has 0 aliphatic carbocycles. The Bertz CT molecular complexity index is 1050. The van der Waals surface area contributed by atoms with Gasteiger partial charge in [0.1, 0.15) is 17.3 Å². The Morgan fingerprint density at radius 2 is 1.90 bits per heavy atom. The molecule has 1 unspecified atom stereocenters. The first-order valence-electron chi connectivity index (χ1n) is 9.71. The van der Waals surface area contributed by atoms with E-state index >= 15 is 0 Å². The minimum atomic E-state index is -0.850. The van der Waals surface area contributed by atoms with Crippen molar-refractivity contribution >= 4 is 29.1 Å². The van der Waals surface area contributed by atoms with Crippen molar-refractivity contribution in [3.8, 4) is 11.5 Å². The molecular weight excluding hydrogens is 422 g/mol. The highest BCUT2D eigenvalue weighted by Crippen LogP contribution is 2.41. The van der Waals surface area contributed by atoms with E-state index in [0.717, 1.165) is 5.56 Å². The van der Waals surface area contributed by atoms with Crippen LogP contribution in [0.4, 0.5) is 0 Å². The summed E-state index contributed by atoms with van der Waals surface area (Å²) in [4.78, 5) is 27.2. The van der Waals surface area contributed by atoms with Gasteiger partial charge in [-0.3, -0.25) is 9.59 Å². The van der Waals surface area contributed by atoms with Gasteiger partial charge >= 0.3 is 0 Å². The molecule has 0 saturated carbocycles. The average Bonchev–Trinajstić information content (AvgIpc) is 3.00. The summed E-state index contributed by atoms with van der Waals surface area (Å²) < 4.78 is 10.3. The predicted octanol–water partition coefficient (Wildman–Crippen LogP) is 3.82. The molecule has 0 radical (unpaired) electrons. The second kappa shape index (κ2) is 9.41. The number of likely N-dealkylation sites (tertiary alicyclic amines) is 1. The van der Waals surface area contributed by atoms with Gasteiger partial charge in [0.2, 0.25) is 0 Å². The number of carbonyl (C=O) groups excluding carboxylic acids is 2. The Balaban J connectivity index is 2.15. The van der Waals surface area contributed by atoms with Crippen LogP contribution in [-0.2, 0) is 14.3 Å². The topological polar surface area (TPSA) is 96.3 Å². The number of methoxy groups -OCH3 is 2. The second-order valence-electron chi connectivity index (χ2n) is 7.23. The number of halogens is 1. The van der Waals surface area contributed by atoms with E-state index in [4.69, 9.17) is 21.1 Å². The first kappa shape index (κ1) is 22.7. The standard InChI is InChI=1S/C23H24ClNO6/c1-13-11-15(6-8-18(13)31-3)21(27)19-20(14-5-7-17(26)16(24)12-14)25(9-4-10-30-2)23(29)22(19)28/h5-8,11-12,20,26-27H,4,9-10H2,1-3H3/b21-19-. The number of amides is 1. The van der Waals surface area contributed by atoms with Crippen LogP contribution in [0.2, 0.25) is 5.02 Å². The van der Waals surface area contributed by atoms with Crippen LogP contribution in [0, 0.1) is 6.92 Å². The first-order valence-corrected chi connectivity index (χ1v) is 10.1. The summed E-state index contributed by atoms with van der Waals surface area (Å²) in [6.45, 7) is 2.47. The number of carbonyl (C=O) groups is 2. The molecule has 1 aliphatic heterocycles. The number of ether oxygens (including phenoxy) is 2. The Morgan fingerprint density at radius 1 is 1.16 bits per heavy atom. The maximum Gasteiger partial charge on any atom is 0.295 e. The zero-order chi connectivity index (χ0) is 22.7.